The number of carboxylic acid groups (broad SMARTS) is 1. The number of rotatable bonds is 62. The van der Waals surface area contributed by atoms with Gasteiger partial charge in [0.1, 0.15) is 11.6 Å². The van der Waals surface area contributed by atoms with Crippen LogP contribution in [0.3, 0.4) is 0 Å². The monoisotopic (exact) mass is 1310 g/mol. The summed E-state index contributed by atoms with van der Waals surface area (Å²) in [5.74, 6) is 5.90. The Bertz CT molecular complexity index is 1930. The number of carboxylic acids is 1. The maximum absolute atomic E-state index is 14.4. The van der Waals surface area contributed by atoms with Crippen molar-refractivity contribution in [1.29, 1.82) is 0 Å². The Morgan fingerprint density at radius 1 is 0.511 bits per heavy atom. The fraction of sp³-hybridized carbons (Fsp3) is 0.943. The average Bonchev–Trinajstić information content (AvgIpc) is 1.38. The van der Waals surface area contributed by atoms with E-state index in [-0.39, 0.29) is 18.7 Å². The van der Waals surface area contributed by atoms with Crippen molar-refractivity contribution in [3.8, 4) is 0 Å². The fourth-order valence-corrected chi connectivity index (χ4v) is 19.9. The smallest absolute Gasteiger partial charge is 0.329 e. The van der Waals surface area contributed by atoms with E-state index < -0.39 is 23.6 Å². The number of carbonyl (C=O) groups excluding carboxylic acids is 2. The molecule has 0 aliphatic heterocycles. The molecule has 2 N–H and O–H groups in total. The lowest BCUT2D eigenvalue weighted by Crippen LogP contribution is -2.50. The van der Waals surface area contributed by atoms with Crippen LogP contribution in [0.2, 0.25) is 0 Å². The van der Waals surface area contributed by atoms with Gasteiger partial charge in [-0.15, -0.1) is 0 Å². The second kappa shape index (κ2) is 51.3. The minimum Gasteiger partial charge on any atom is -0.481 e. The molecule has 1 amide bonds. The zero-order valence-electron chi connectivity index (χ0n) is 64.7. The van der Waals surface area contributed by atoms with Crippen molar-refractivity contribution in [3.63, 3.8) is 0 Å². The molecule has 4 aliphatic rings. The Hall–Kier alpha value is -1.85. The third kappa shape index (κ3) is 33.1. The highest BCUT2D eigenvalue weighted by molar-refractivity contribution is 5.85. The predicted octanol–water partition coefficient (Wildman–Crippen LogP) is 28.1. The van der Waals surface area contributed by atoms with E-state index in [0.717, 1.165) is 124 Å². The van der Waals surface area contributed by atoms with Gasteiger partial charge in [0.15, 0.2) is 0 Å². The van der Waals surface area contributed by atoms with E-state index in [1.54, 1.807) is 0 Å². The molecule has 94 heavy (non-hydrogen) atoms. The molecule has 0 bridgehead atoms. The maximum atomic E-state index is 14.4. The molecule has 0 spiro atoms. The van der Waals surface area contributed by atoms with Crippen LogP contribution < -0.4 is 5.32 Å². The molecule has 550 valence electrons. The Labute approximate surface area is 586 Å². The van der Waals surface area contributed by atoms with E-state index in [1.807, 2.05) is 5.57 Å². The van der Waals surface area contributed by atoms with E-state index in [9.17, 15) is 19.5 Å². The zero-order chi connectivity index (χ0) is 68.0. The van der Waals surface area contributed by atoms with Gasteiger partial charge >= 0.3 is 11.9 Å². The van der Waals surface area contributed by atoms with Gasteiger partial charge in [-0.25, -0.2) is 4.79 Å². The number of nitrogens with one attached hydrogen (secondary N) is 1. The quantitative estimate of drug-likeness (QED) is 0.0360. The maximum Gasteiger partial charge on any atom is 0.329 e. The van der Waals surface area contributed by atoms with E-state index >= 15 is 0 Å². The average molecular weight is 1320 g/mol. The van der Waals surface area contributed by atoms with E-state index in [1.165, 1.54) is 302 Å². The summed E-state index contributed by atoms with van der Waals surface area (Å²) in [7, 11) is 0. The van der Waals surface area contributed by atoms with Crippen LogP contribution in [0, 0.1) is 58.2 Å². The molecule has 4 rings (SSSR count). The summed E-state index contributed by atoms with van der Waals surface area (Å²) in [4.78, 5) is 39.6. The summed E-state index contributed by atoms with van der Waals surface area (Å²) in [5.41, 5.74) is 2.43. The van der Waals surface area contributed by atoms with E-state index in [4.69, 9.17) is 4.74 Å². The lowest BCUT2D eigenvalue weighted by Gasteiger charge is -2.58. The van der Waals surface area contributed by atoms with Gasteiger partial charge in [0.2, 0.25) is 5.91 Å². The van der Waals surface area contributed by atoms with Crippen molar-refractivity contribution in [2.75, 3.05) is 0 Å². The van der Waals surface area contributed by atoms with Gasteiger partial charge in [-0.3, -0.25) is 9.59 Å². The normalized spacial score (nSPS) is 23.5. The number of aliphatic carboxylic acids is 1. The Kier molecular flexibility index (Phi) is 46.2. The molecular weight excluding hydrogens is 1150 g/mol. The van der Waals surface area contributed by atoms with Gasteiger partial charge in [-0.05, 0) is 167 Å². The number of esters is 1. The van der Waals surface area contributed by atoms with Gasteiger partial charge in [0, 0.05) is 12.8 Å². The third-order valence-corrected chi connectivity index (χ3v) is 26.2. The summed E-state index contributed by atoms with van der Waals surface area (Å²) in [6, 6.07) is -0.923. The standard InChI is InChI=1S/C88H163NO5/c1-10-14-17-20-23-25-39-43-48-53-68-88(67-52-47-22-19-16-12-3,94-85(93)82(63-64-84(91)92)89-83(90)56-51-46-42-37-24-21-18-15-11-2)69-54-49-44-40-36-34-32-30-28-26-27-29-31-33-35-38-41-45-50-55-75-65-70-86(8)77(72-75)59-60-78-80-62-61-79(87(80,9)71-66-81(78)86)74(7)57-58-76(13-4)73(5)6/h59,73-76,78-82H,10-58,60-72H2,1-9H3,(H,89,90)(H,91,92)/t74?,75?,76?,78?,79-,80?,81?,82+,86+,87-,88?/m1/s1. The van der Waals surface area contributed by atoms with Crippen molar-refractivity contribution in [2.45, 2.75) is 472 Å². The van der Waals surface area contributed by atoms with Crippen molar-refractivity contribution in [2.24, 2.45) is 58.2 Å². The van der Waals surface area contributed by atoms with Gasteiger partial charge in [-0.2, -0.15) is 0 Å². The molecule has 7 unspecified atom stereocenters. The molecule has 0 aromatic rings. The number of hydrogen-bond acceptors (Lipinski definition) is 4. The summed E-state index contributed by atoms with van der Waals surface area (Å²) in [6.07, 6.45) is 79.6. The molecule has 0 heterocycles. The zero-order valence-corrected chi connectivity index (χ0v) is 64.7. The number of hydrogen-bond donors (Lipinski definition) is 2. The lowest BCUT2D eigenvalue weighted by molar-refractivity contribution is -0.167. The van der Waals surface area contributed by atoms with Crippen molar-refractivity contribution < 1.29 is 24.2 Å². The first kappa shape index (κ1) is 84.6. The third-order valence-electron chi connectivity index (χ3n) is 26.2. The lowest BCUT2D eigenvalue weighted by atomic mass is 9.46. The molecule has 3 fully saturated rings. The van der Waals surface area contributed by atoms with Crippen LogP contribution in [0.1, 0.15) is 460 Å². The summed E-state index contributed by atoms with van der Waals surface area (Å²) >= 11 is 0. The van der Waals surface area contributed by atoms with Crippen molar-refractivity contribution in [3.05, 3.63) is 11.6 Å². The SMILES string of the molecule is CCCCCCCCCCCCC(CCCCCCCC)(CCCCCCCCCCCCCCCCCCCCCC1CC[C@@]2(C)C(=CCC3C2CC[C@@]2(C)C3CC[C@@H]2C(C)CCC(CC)C(C)C)C1)OC(=O)[C@H](CCC(=O)O)NC(=O)CCCCCCCCCCC. The van der Waals surface area contributed by atoms with Crippen molar-refractivity contribution >= 4 is 17.8 Å². The van der Waals surface area contributed by atoms with Crippen LogP contribution >= 0.6 is 0 Å². The Balaban J connectivity index is 1.09. The second-order valence-electron chi connectivity index (χ2n) is 34.0. The van der Waals surface area contributed by atoms with Crippen LogP contribution in [-0.2, 0) is 19.1 Å². The van der Waals surface area contributed by atoms with Crippen LogP contribution in [-0.4, -0.2) is 34.6 Å². The number of ether oxygens (including phenoxy) is 1. The summed E-state index contributed by atoms with van der Waals surface area (Å²) < 4.78 is 6.80. The predicted molar refractivity (Wildman–Crippen MR) is 407 cm³/mol. The first-order chi connectivity index (χ1) is 45.7. The number of fused-ring (bicyclic) bond motifs is 5. The molecule has 0 radical (unpaired) electrons. The topological polar surface area (TPSA) is 92.7 Å². The molecule has 0 aromatic heterocycles. The van der Waals surface area contributed by atoms with Crippen LogP contribution in [0.5, 0.6) is 0 Å². The molecule has 6 heteroatoms. The van der Waals surface area contributed by atoms with Crippen LogP contribution in [0.15, 0.2) is 11.6 Å². The Morgan fingerprint density at radius 2 is 0.947 bits per heavy atom. The van der Waals surface area contributed by atoms with Gasteiger partial charge in [0.25, 0.3) is 0 Å². The van der Waals surface area contributed by atoms with Gasteiger partial charge in [0.05, 0.1) is 0 Å². The second-order valence-corrected chi connectivity index (χ2v) is 34.0. The van der Waals surface area contributed by atoms with Crippen LogP contribution in [0.4, 0.5) is 0 Å². The minimum absolute atomic E-state index is 0.0712. The number of unbranched alkanes of at least 4 members (excludes halogenated alkanes) is 40. The summed E-state index contributed by atoms with van der Waals surface area (Å²) in [5, 5.41) is 12.7. The van der Waals surface area contributed by atoms with E-state index in [0.29, 0.717) is 17.3 Å². The molecule has 0 saturated heterocycles. The Morgan fingerprint density at radius 3 is 1.38 bits per heavy atom. The highest BCUT2D eigenvalue weighted by atomic mass is 16.6. The highest BCUT2D eigenvalue weighted by Crippen LogP contribution is 2.68. The number of carbonyl (C=O) groups is 3. The highest BCUT2D eigenvalue weighted by Gasteiger charge is 2.59. The van der Waals surface area contributed by atoms with Crippen molar-refractivity contribution in [1.82, 2.24) is 5.32 Å². The first-order valence-corrected chi connectivity index (χ1v) is 43.1. The summed E-state index contributed by atoms with van der Waals surface area (Å²) in [6.45, 7) is 22.3. The van der Waals surface area contributed by atoms with E-state index in [2.05, 4.69) is 73.7 Å². The largest absolute Gasteiger partial charge is 0.481 e. The molecule has 3 saturated carbocycles. The van der Waals surface area contributed by atoms with Crippen LogP contribution in [0.25, 0.3) is 0 Å². The minimum atomic E-state index is -0.947. The number of amides is 1. The molecular formula is C88H163NO5. The molecule has 6 nitrogen and oxygen atoms in total. The van der Waals surface area contributed by atoms with Gasteiger partial charge < -0.3 is 15.2 Å². The number of allylic oxidation sites excluding steroid dienone is 2. The molecule has 11 atom stereocenters. The van der Waals surface area contributed by atoms with Gasteiger partial charge in [-0.1, -0.05) is 350 Å². The first-order valence-electron chi connectivity index (χ1n) is 43.1. The fourth-order valence-electron chi connectivity index (χ4n) is 19.9. The molecule has 4 aliphatic carbocycles. The molecule has 0 aromatic carbocycles.